The molecule has 0 aromatic heterocycles. The van der Waals surface area contributed by atoms with Gasteiger partial charge in [0.05, 0.1) is 0 Å². The van der Waals surface area contributed by atoms with Crippen molar-refractivity contribution in [1.82, 2.24) is 0 Å². The fourth-order valence-electron chi connectivity index (χ4n) is 0. The largest absolute Gasteiger partial charge is 2.00 e. The van der Waals surface area contributed by atoms with E-state index in [2.05, 4.69) is 6.92 Å². The van der Waals surface area contributed by atoms with Gasteiger partial charge in [0.15, 0.2) is 0 Å². The Morgan fingerprint density at radius 1 is 0.941 bits per heavy atom. The molecular formula is C12H37Be2O3+. The quantitative estimate of drug-likeness (QED) is 0.548. The molecule has 0 aromatic carbocycles. The van der Waals surface area contributed by atoms with Crippen molar-refractivity contribution in [3.05, 3.63) is 14.4 Å². The van der Waals surface area contributed by atoms with Gasteiger partial charge in [-0.3, -0.25) is 0 Å². The summed E-state index contributed by atoms with van der Waals surface area (Å²) >= 11 is 0. The van der Waals surface area contributed by atoms with E-state index in [0.717, 1.165) is 0 Å². The molecule has 0 heterocycles. The van der Waals surface area contributed by atoms with Crippen LogP contribution in [-0.2, 0) is 0 Å². The van der Waals surface area contributed by atoms with Gasteiger partial charge in [0, 0.05) is 6.10 Å². The Morgan fingerprint density at radius 3 is 1.00 bits per heavy atom. The maximum absolute atomic E-state index is 9.38. The van der Waals surface area contributed by atoms with Crippen LogP contribution in [0.1, 0.15) is 51.0 Å². The van der Waals surface area contributed by atoms with Crippen LogP contribution in [0.3, 0.4) is 0 Å². The summed E-state index contributed by atoms with van der Waals surface area (Å²) in [4.78, 5) is 0. The normalized spacial score (nSPS) is 8.12. The van der Waals surface area contributed by atoms with Crippen molar-refractivity contribution in [3.63, 3.8) is 0 Å². The van der Waals surface area contributed by atoms with Crippen LogP contribution in [0.2, 0.25) is 0 Å². The molecule has 0 amide bonds. The molecule has 2 N–H and O–H groups in total. The summed E-state index contributed by atoms with van der Waals surface area (Å²) in [5.74, 6) is 0. The van der Waals surface area contributed by atoms with Crippen molar-refractivity contribution in [3.8, 4) is 0 Å². The van der Waals surface area contributed by atoms with Crippen molar-refractivity contribution < 1.29 is 15.3 Å². The number of aliphatic hydroxyl groups is 2. The van der Waals surface area contributed by atoms with Crippen molar-refractivity contribution in [1.29, 1.82) is 0 Å². The molecule has 106 valence electrons. The molecule has 0 saturated carbocycles. The van der Waals surface area contributed by atoms with Gasteiger partial charge in [0.25, 0.3) is 0 Å². The first kappa shape index (κ1) is 86.9. The standard InChI is InChI=1S/C3H7O2.C3H7O.5CH4.CH3.2Be/c1-3(5)2-4;1-3(2)4;;;;;;;;/h3,5H,2H2,1H3;3-4H,1H2,2H3;5*1H4;1H3;;/q2*-1;;;;;;-1;2*+2. The second-order valence-corrected chi connectivity index (χ2v) is 1.86. The summed E-state index contributed by atoms with van der Waals surface area (Å²) in [7, 11) is 0. The Morgan fingerprint density at radius 2 is 1.00 bits per heavy atom. The number of rotatable bonds is 1. The number of hydrogen-bond donors (Lipinski definition) is 2. The molecular weight excluding hydrogens is 210 g/mol. The van der Waals surface area contributed by atoms with Crippen molar-refractivity contribution in [2.45, 2.75) is 63.2 Å². The summed E-state index contributed by atoms with van der Waals surface area (Å²) < 4.78 is 0. The van der Waals surface area contributed by atoms with Gasteiger partial charge >= 0.3 is 20.2 Å². The second kappa shape index (κ2) is 72.1. The van der Waals surface area contributed by atoms with Gasteiger partial charge in [-0.05, 0) is 6.92 Å². The average Bonchev–Trinajstić information content (AvgIpc) is 1.65. The third kappa shape index (κ3) is 667. The van der Waals surface area contributed by atoms with E-state index in [4.69, 9.17) is 10.2 Å². The van der Waals surface area contributed by atoms with Crippen LogP contribution in [0.5, 0.6) is 0 Å². The summed E-state index contributed by atoms with van der Waals surface area (Å²) in [6.45, 7) is 5.88. The topological polar surface area (TPSA) is 63.5 Å². The molecule has 0 aromatic rings. The first-order valence-electron chi connectivity index (χ1n) is 2.78. The fraction of sp³-hybridized carbons (Fsp3) is 0.833. The Labute approximate surface area is 120 Å². The molecule has 3 nitrogen and oxygen atoms in total. The number of hydrogen-bond acceptors (Lipinski definition) is 3. The maximum Gasteiger partial charge on any atom is 2.00 e. The second-order valence-electron chi connectivity index (χ2n) is 1.86. The summed E-state index contributed by atoms with van der Waals surface area (Å²) in [5.41, 5.74) is 0. The smallest absolute Gasteiger partial charge is 0.853 e. The van der Waals surface area contributed by atoms with Gasteiger partial charge in [-0.25, -0.2) is 0 Å². The minimum atomic E-state index is -0.671. The number of aliphatic hydroxyl groups excluding tert-OH is 2. The zero-order valence-corrected chi connectivity index (χ0v) is 8.29. The van der Waals surface area contributed by atoms with E-state index in [1.165, 1.54) is 6.92 Å². The van der Waals surface area contributed by atoms with Crippen LogP contribution in [0.15, 0.2) is 0 Å². The van der Waals surface area contributed by atoms with Crippen molar-refractivity contribution in [2.75, 3.05) is 6.61 Å². The average molecular weight is 247 g/mol. The molecule has 2 unspecified atom stereocenters. The van der Waals surface area contributed by atoms with Crippen molar-refractivity contribution in [2.24, 2.45) is 0 Å². The zero-order valence-electron chi connectivity index (χ0n) is 8.29. The first-order chi connectivity index (χ1) is 4.00. The fourth-order valence-corrected chi connectivity index (χ4v) is 0. The molecule has 0 fully saturated rings. The van der Waals surface area contributed by atoms with Gasteiger partial charge in [-0.15, -0.1) is 6.61 Å². The summed E-state index contributed by atoms with van der Waals surface area (Å²) in [6.07, 6.45) is -1.09. The maximum atomic E-state index is 9.38. The third-order valence-corrected chi connectivity index (χ3v) is 0.241. The van der Waals surface area contributed by atoms with Crippen LogP contribution < -0.4 is 5.11 Å². The molecule has 0 bridgehead atoms. The summed E-state index contributed by atoms with van der Waals surface area (Å²) in [6, 6.07) is 0. The van der Waals surface area contributed by atoms with Crippen LogP contribution in [-0.4, -0.2) is 49.3 Å². The molecule has 0 aliphatic rings. The Hall–Kier alpha value is 0.218. The van der Waals surface area contributed by atoms with Gasteiger partial charge in [-0.1, -0.05) is 50.2 Å². The van der Waals surface area contributed by atoms with Gasteiger partial charge < -0.3 is 29.7 Å². The minimum absolute atomic E-state index is 0. The van der Waals surface area contributed by atoms with Gasteiger partial charge in [0.2, 0.25) is 0 Å². The zero-order chi connectivity index (χ0) is 7.86. The van der Waals surface area contributed by atoms with Crippen LogP contribution in [0.25, 0.3) is 0 Å². The van der Waals surface area contributed by atoms with Gasteiger partial charge in [-0.2, -0.15) is 0 Å². The van der Waals surface area contributed by atoms with E-state index < -0.39 is 12.2 Å². The summed E-state index contributed by atoms with van der Waals surface area (Å²) in [5, 5.41) is 25.4. The van der Waals surface area contributed by atoms with E-state index in [-0.39, 0.29) is 71.4 Å². The Bertz CT molecular complexity index is 52.3. The Balaban J connectivity index is -0.00000000494. The molecule has 0 radical (unpaired) electrons. The van der Waals surface area contributed by atoms with Crippen LogP contribution >= 0.6 is 0 Å². The molecule has 0 rings (SSSR count). The SMILES string of the molecule is C.C.C.C.C.CC(O)C[O-].[Be+2].[Be+2].[CH2-]C(C)O.[CH3-]. The molecule has 0 saturated heterocycles. The predicted octanol–water partition coefficient (Wildman–Crippen LogP) is 1.80. The molecule has 0 aliphatic heterocycles. The first-order valence-corrected chi connectivity index (χ1v) is 2.78. The van der Waals surface area contributed by atoms with E-state index in [1.807, 2.05) is 0 Å². The van der Waals surface area contributed by atoms with E-state index >= 15 is 0 Å². The van der Waals surface area contributed by atoms with Crippen LogP contribution in [0, 0.1) is 14.4 Å². The van der Waals surface area contributed by atoms with E-state index in [1.54, 1.807) is 6.92 Å². The molecule has 0 spiro atoms. The Kier molecular flexibility index (Phi) is 369. The minimum Gasteiger partial charge on any atom is -0.853 e. The third-order valence-electron chi connectivity index (χ3n) is 0.241. The molecule has 5 heteroatoms. The van der Waals surface area contributed by atoms with E-state index in [0.29, 0.717) is 0 Å². The predicted molar refractivity (Wildman–Crippen MR) is 85.2 cm³/mol. The molecule has 0 aliphatic carbocycles. The molecule has 17 heavy (non-hydrogen) atoms. The van der Waals surface area contributed by atoms with E-state index in [9.17, 15) is 5.11 Å². The van der Waals surface area contributed by atoms with Crippen LogP contribution in [0.4, 0.5) is 0 Å². The molecule has 2 atom stereocenters. The monoisotopic (exact) mass is 247 g/mol. The van der Waals surface area contributed by atoms with Gasteiger partial charge in [0.1, 0.15) is 0 Å². The van der Waals surface area contributed by atoms with Crippen molar-refractivity contribution >= 4 is 20.2 Å².